The highest BCUT2D eigenvalue weighted by Crippen LogP contribution is 2.24. The van der Waals surface area contributed by atoms with Crippen molar-refractivity contribution in [3.05, 3.63) is 50.1 Å². The first-order chi connectivity index (χ1) is 11.4. The van der Waals surface area contributed by atoms with Crippen molar-refractivity contribution < 1.29 is 9.15 Å². The Bertz CT molecular complexity index is 885. The predicted molar refractivity (Wildman–Crippen MR) is 87.9 cm³/mol. The second-order valence-corrected chi connectivity index (χ2v) is 5.47. The molecule has 1 N–H and O–H groups in total. The maximum Gasteiger partial charge on any atom is 0.332 e. The van der Waals surface area contributed by atoms with Crippen LogP contribution in [-0.2, 0) is 18.8 Å². The van der Waals surface area contributed by atoms with E-state index in [1.807, 2.05) is 25.1 Å². The largest absolute Gasteiger partial charge is 0.464 e. The highest BCUT2D eigenvalue weighted by molar-refractivity contribution is 5.52. The summed E-state index contributed by atoms with van der Waals surface area (Å²) in [5.41, 5.74) is -1.27. The van der Waals surface area contributed by atoms with Crippen molar-refractivity contribution in [1.82, 2.24) is 9.13 Å². The molecule has 2 aromatic heterocycles. The quantitative estimate of drug-likeness (QED) is 0.848. The molecule has 1 atom stereocenters. The number of methoxy groups -OCH3 is 1. The number of rotatable bonds is 6. The minimum atomic E-state index is -0.635. The van der Waals surface area contributed by atoms with E-state index in [4.69, 9.17) is 9.15 Å². The molecule has 0 aliphatic rings. The molecule has 0 saturated heterocycles. The van der Waals surface area contributed by atoms with Crippen LogP contribution in [0.1, 0.15) is 29.5 Å². The van der Waals surface area contributed by atoms with Crippen LogP contribution in [0, 0.1) is 18.3 Å². The van der Waals surface area contributed by atoms with Crippen LogP contribution in [0.3, 0.4) is 0 Å². The summed E-state index contributed by atoms with van der Waals surface area (Å²) < 4.78 is 12.9. The lowest BCUT2D eigenvalue weighted by Gasteiger charge is -2.20. The lowest BCUT2D eigenvalue weighted by molar-refractivity contribution is 0.187. The van der Waals surface area contributed by atoms with Crippen molar-refractivity contribution in [2.24, 2.45) is 14.1 Å². The number of hydrogen-bond acceptors (Lipinski definition) is 6. The molecule has 8 heteroatoms. The van der Waals surface area contributed by atoms with Crippen molar-refractivity contribution >= 4 is 5.82 Å². The average Bonchev–Trinajstić information content (AvgIpc) is 3.00. The predicted octanol–water partition coefficient (Wildman–Crippen LogP) is 1.05. The molecule has 0 saturated carbocycles. The summed E-state index contributed by atoms with van der Waals surface area (Å²) in [7, 11) is 4.43. The number of nitrogens with one attached hydrogen (secondary N) is 1. The first-order valence-electron chi connectivity index (χ1n) is 7.42. The van der Waals surface area contributed by atoms with E-state index in [2.05, 4.69) is 5.32 Å². The maximum absolute atomic E-state index is 12.2. The molecule has 24 heavy (non-hydrogen) atoms. The number of aromatic nitrogens is 2. The first kappa shape index (κ1) is 17.6. The first-order valence-corrected chi connectivity index (χ1v) is 7.42. The Balaban J connectivity index is 2.52. The van der Waals surface area contributed by atoms with Gasteiger partial charge in [-0.15, -0.1) is 0 Å². The summed E-state index contributed by atoms with van der Waals surface area (Å²) in [4.78, 5) is 24.3. The summed E-state index contributed by atoms with van der Waals surface area (Å²) in [6.07, 6.45) is 0.539. The number of hydrogen-bond donors (Lipinski definition) is 1. The van der Waals surface area contributed by atoms with E-state index in [9.17, 15) is 14.9 Å². The van der Waals surface area contributed by atoms with Crippen LogP contribution >= 0.6 is 0 Å². The molecule has 0 aliphatic heterocycles. The van der Waals surface area contributed by atoms with E-state index in [0.717, 1.165) is 10.3 Å². The Labute approximate surface area is 138 Å². The summed E-state index contributed by atoms with van der Waals surface area (Å²) >= 11 is 0. The number of nitrogens with zero attached hydrogens (tertiary/aromatic N) is 3. The average molecular weight is 332 g/mol. The van der Waals surface area contributed by atoms with E-state index in [1.54, 1.807) is 7.11 Å². The van der Waals surface area contributed by atoms with E-state index >= 15 is 0 Å². The number of nitriles is 1. The van der Waals surface area contributed by atoms with Gasteiger partial charge in [-0.1, -0.05) is 0 Å². The van der Waals surface area contributed by atoms with Crippen LogP contribution in [0.25, 0.3) is 0 Å². The molecule has 0 spiro atoms. The van der Waals surface area contributed by atoms with Crippen molar-refractivity contribution in [3.63, 3.8) is 0 Å². The third kappa shape index (κ3) is 3.26. The molecule has 2 heterocycles. The molecule has 0 aliphatic carbocycles. The van der Waals surface area contributed by atoms with Crippen LogP contribution in [0.5, 0.6) is 0 Å². The monoisotopic (exact) mass is 332 g/mol. The third-order valence-corrected chi connectivity index (χ3v) is 3.80. The van der Waals surface area contributed by atoms with Crippen molar-refractivity contribution in [3.8, 4) is 6.07 Å². The smallest absolute Gasteiger partial charge is 0.332 e. The number of ether oxygens (including phenoxy) is 1. The molecule has 0 fully saturated rings. The van der Waals surface area contributed by atoms with E-state index in [0.29, 0.717) is 18.8 Å². The zero-order valence-corrected chi connectivity index (χ0v) is 14.1. The van der Waals surface area contributed by atoms with Crippen LogP contribution in [-0.4, -0.2) is 22.9 Å². The molecule has 0 aromatic carbocycles. The van der Waals surface area contributed by atoms with E-state index in [1.165, 1.54) is 18.7 Å². The molecule has 0 radical (unpaired) electrons. The Hall–Kier alpha value is -2.79. The number of anilines is 1. The topological polar surface area (TPSA) is 102 Å². The fraction of sp³-hybridized carbons (Fsp3) is 0.438. The van der Waals surface area contributed by atoms with Gasteiger partial charge in [0.25, 0.3) is 5.56 Å². The molecule has 2 aromatic rings. The number of aryl methyl sites for hydroxylation is 1. The normalized spacial score (nSPS) is 12.0. The second-order valence-electron chi connectivity index (χ2n) is 5.47. The van der Waals surface area contributed by atoms with Crippen molar-refractivity contribution in [1.29, 1.82) is 5.26 Å². The zero-order valence-electron chi connectivity index (χ0n) is 14.1. The third-order valence-electron chi connectivity index (χ3n) is 3.80. The molecular weight excluding hydrogens is 312 g/mol. The van der Waals surface area contributed by atoms with Gasteiger partial charge in [-0.05, 0) is 25.5 Å². The Morgan fingerprint density at radius 1 is 1.33 bits per heavy atom. The van der Waals surface area contributed by atoms with Gasteiger partial charge in [0, 0.05) is 27.8 Å². The highest BCUT2D eigenvalue weighted by atomic mass is 16.5. The van der Waals surface area contributed by atoms with Crippen LogP contribution in [0.15, 0.2) is 26.1 Å². The van der Waals surface area contributed by atoms with Gasteiger partial charge in [-0.2, -0.15) is 5.26 Å². The summed E-state index contributed by atoms with van der Waals surface area (Å²) in [6.45, 7) is 2.27. The molecule has 0 bridgehead atoms. The fourth-order valence-electron chi connectivity index (χ4n) is 2.44. The van der Waals surface area contributed by atoms with Crippen LogP contribution in [0.4, 0.5) is 5.82 Å². The van der Waals surface area contributed by atoms with Gasteiger partial charge >= 0.3 is 5.69 Å². The molecule has 8 nitrogen and oxygen atoms in total. The van der Waals surface area contributed by atoms with Gasteiger partial charge < -0.3 is 14.5 Å². The fourth-order valence-corrected chi connectivity index (χ4v) is 2.44. The lowest BCUT2D eigenvalue weighted by atomic mass is 10.1. The van der Waals surface area contributed by atoms with Gasteiger partial charge in [0.05, 0.1) is 6.04 Å². The van der Waals surface area contributed by atoms with Crippen molar-refractivity contribution in [2.75, 3.05) is 19.0 Å². The van der Waals surface area contributed by atoms with Crippen LogP contribution in [0.2, 0.25) is 0 Å². The number of furan rings is 1. The Morgan fingerprint density at radius 2 is 2.04 bits per heavy atom. The van der Waals surface area contributed by atoms with E-state index in [-0.39, 0.29) is 17.4 Å². The SMILES string of the molecule is COCCC(Nc1c(C#N)c(=O)n(C)c(=O)n1C)c1ccc(C)o1. The molecule has 0 amide bonds. The highest BCUT2D eigenvalue weighted by Gasteiger charge is 2.21. The molecule has 128 valence electrons. The lowest BCUT2D eigenvalue weighted by Crippen LogP contribution is -2.40. The van der Waals surface area contributed by atoms with Gasteiger partial charge in [0.1, 0.15) is 23.4 Å². The van der Waals surface area contributed by atoms with Gasteiger partial charge in [0.2, 0.25) is 0 Å². The maximum atomic E-state index is 12.2. The van der Waals surface area contributed by atoms with Gasteiger partial charge in [0.15, 0.2) is 5.56 Å². The zero-order chi connectivity index (χ0) is 17.9. The Kier molecular flexibility index (Phi) is 5.26. The molecule has 1 unspecified atom stereocenters. The van der Waals surface area contributed by atoms with Crippen LogP contribution < -0.4 is 16.6 Å². The Morgan fingerprint density at radius 3 is 2.58 bits per heavy atom. The summed E-state index contributed by atoms with van der Waals surface area (Å²) in [5, 5.41) is 12.4. The molecular formula is C16H20N4O4. The van der Waals surface area contributed by atoms with Crippen molar-refractivity contribution in [2.45, 2.75) is 19.4 Å². The summed E-state index contributed by atoms with van der Waals surface area (Å²) in [5.74, 6) is 1.55. The van der Waals surface area contributed by atoms with E-state index < -0.39 is 11.2 Å². The van der Waals surface area contributed by atoms with Gasteiger partial charge in [-0.25, -0.2) is 4.79 Å². The second kappa shape index (κ2) is 7.19. The summed E-state index contributed by atoms with van der Waals surface area (Å²) in [6, 6.07) is 5.17. The molecule has 2 rings (SSSR count). The minimum absolute atomic E-state index is 0.120. The standard InChI is InChI=1S/C16H20N4O4/c1-10-5-6-13(24-10)12(7-8-23-4)18-14-11(9-17)15(21)20(3)16(22)19(14)2/h5-6,12,18H,7-8H2,1-4H3. The minimum Gasteiger partial charge on any atom is -0.464 e. The van der Waals surface area contributed by atoms with Gasteiger partial charge in [-0.3, -0.25) is 13.9 Å².